The first kappa shape index (κ1) is 15.3. The van der Waals surface area contributed by atoms with Gasteiger partial charge in [0.05, 0.1) is 11.6 Å². The van der Waals surface area contributed by atoms with Crippen LogP contribution in [0.5, 0.6) is 11.6 Å². The summed E-state index contributed by atoms with van der Waals surface area (Å²) in [4.78, 5) is 22.4. The maximum Gasteiger partial charge on any atom is 0.291 e. The minimum absolute atomic E-state index is 0.261. The Kier molecular flexibility index (Phi) is 3.91. The zero-order chi connectivity index (χ0) is 17.2. The van der Waals surface area contributed by atoms with E-state index in [9.17, 15) is 4.79 Å². The van der Waals surface area contributed by atoms with Gasteiger partial charge in [-0.3, -0.25) is 4.79 Å². The monoisotopic (exact) mass is 351 g/mol. The van der Waals surface area contributed by atoms with E-state index >= 15 is 0 Å². The minimum Gasteiger partial charge on any atom is -0.459 e. The number of nitrogens with zero attached hydrogens (tertiary/aromatic N) is 2. The lowest BCUT2D eigenvalue weighted by Crippen LogP contribution is -2.10. The number of aromatic nitrogens is 2. The van der Waals surface area contributed by atoms with Crippen LogP contribution in [-0.4, -0.2) is 15.9 Å². The molecule has 7 heteroatoms. The number of hydrogen-bond acceptors (Lipinski definition) is 6. The third-order valence-electron chi connectivity index (χ3n) is 3.49. The summed E-state index contributed by atoms with van der Waals surface area (Å²) in [5, 5.41) is 3.65. The van der Waals surface area contributed by atoms with Gasteiger partial charge in [-0.15, -0.1) is 11.3 Å². The highest BCUT2D eigenvalue weighted by molar-refractivity contribution is 7.18. The fraction of sp³-hybridized carbons (Fsp3) is 0.0556. The van der Waals surface area contributed by atoms with Crippen LogP contribution in [0.1, 0.15) is 15.4 Å². The van der Waals surface area contributed by atoms with Gasteiger partial charge >= 0.3 is 0 Å². The molecule has 1 aromatic carbocycles. The van der Waals surface area contributed by atoms with Crippen molar-refractivity contribution in [3.05, 3.63) is 65.7 Å². The summed E-state index contributed by atoms with van der Waals surface area (Å²) in [5.74, 6) is 1.10. The van der Waals surface area contributed by atoms with Crippen LogP contribution in [-0.2, 0) is 0 Å². The fourth-order valence-electron chi connectivity index (χ4n) is 2.35. The molecule has 0 saturated carbocycles. The molecule has 0 aliphatic heterocycles. The average molecular weight is 351 g/mol. The molecule has 0 saturated heterocycles. The Morgan fingerprint density at radius 3 is 2.80 bits per heavy atom. The van der Waals surface area contributed by atoms with Crippen molar-refractivity contribution in [2.24, 2.45) is 0 Å². The Hall–Kier alpha value is -3.19. The molecule has 4 aromatic rings. The first-order valence-corrected chi connectivity index (χ1v) is 8.34. The SMILES string of the molecule is Cc1cc2c(Oc3ccc(NC(=O)c4ccco4)cc3)ncnc2s1. The summed E-state index contributed by atoms with van der Waals surface area (Å²) in [6.45, 7) is 2.02. The van der Waals surface area contributed by atoms with Gasteiger partial charge in [-0.25, -0.2) is 9.97 Å². The topological polar surface area (TPSA) is 77.2 Å². The quantitative estimate of drug-likeness (QED) is 0.580. The predicted octanol–water partition coefficient (Wildman–Crippen LogP) is 4.64. The standard InChI is InChI=1S/C18H13N3O3S/c1-11-9-14-17(19-10-20-18(14)25-11)24-13-6-4-12(5-7-13)21-16(22)15-3-2-8-23-15/h2-10H,1H3,(H,21,22). The van der Waals surface area contributed by atoms with Crippen molar-refractivity contribution in [2.45, 2.75) is 6.92 Å². The minimum atomic E-state index is -0.301. The number of thiophene rings is 1. The number of hydrogen-bond donors (Lipinski definition) is 1. The molecule has 0 fully saturated rings. The van der Waals surface area contributed by atoms with Crippen LogP contribution >= 0.6 is 11.3 Å². The van der Waals surface area contributed by atoms with Gasteiger partial charge in [-0.05, 0) is 49.4 Å². The van der Waals surface area contributed by atoms with Crippen LogP contribution in [0.3, 0.4) is 0 Å². The highest BCUT2D eigenvalue weighted by atomic mass is 32.1. The number of anilines is 1. The number of nitrogens with one attached hydrogen (secondary N) is 1. The number of ether oxygens (including phenoxy) is 1. The third kappa shape index (κ3) is 3.22. The molecule has 0 spiro atoms. The van der Waals surface area contributed by atoms with Crippen LogP contribution in [0.15, 0.2) is 59.5 Å². The van der Waals surface area contributed by atoms with Crippen molar-refractivity contribution in [1.29, 1.82) is 0 Å². The maximum absolute atomic E-state index is 11.9. The maximum atomic E-state index is 11.9. The molecule has 1 N–H and O–H groups in total. The van der Waals surface area contributed by atoms with E-state index in [0.29, 0.717) is 17.3 Å². The van der Waals surface area contributed by atoms with Crippen LogP contribution in [0, 0.1) is 6.92 Å². The van der Waals surface area contributed by atoms with E-state index in [2.05, 4.69) is 15.3 Å². The van der Waals surface area contributed by atoms with E-state index in [1.807, 2.05) is 13.0 Å². The molecule has 0 bridgehead atoms. The zero-order valence-corrected chi connectivity index (χ0v) is 14.0. The highest BCUT2D eigenvalue weighted by Gasteiger charge is 2.11. The molecule has 0 unspecified atom stereocenters. The Morgan fingerprint density at radius 2 is 2.04 bits per heavy atom. The lowest BCUT2D eigenvalue weighted by Gasteiger charge is -2.07. The van der Waals surface area contributed by atoms with Gasteiger partial charge in [0.15, 0.2) is 5.76 Å². The van der Waals surface area contributed by atoms with Crippen molar-refractivity contribution in [3.8, 4) is 11.6 Å². The molecule has 6 nitrogen and oxygen atoms in total. The molecule has 3 aromatic heterocycles. The summed E-state index contributed by atoms with van der Waals surface area (Å²) < 4.78 is 10.9. The molecule has 0 aliphatic rings. The van der Waals surface area contributed by atoms with Gasteiger partial charge in [0, 0.05) is 10.6 Å². The lowest BCUT2D eigenvalue weighted by atomic mass is 10.3. The van der Waals surface area contributed by atoms with Crippen molar-refractivity contribution in [3.63, 3.8) is 0 Å². The fourth-order valence-corrected chi connectivity index (χ4v) is 3.19. The molecule has 1 amide bonds. The molecular weight excluding hydrogens is 338 g/mol. The second kappa shape index (κ2) is 6.37. The van der Waals surface area contributed by atoms with Gasteiger partial charge in [-0.2, -0.15) is 0 Å². The van der Waals surface area contributed by atoms with E-state index in [4.69, 9.17) is 9.15 Å². The Balaban J connectivity index is 1.51. The second-order valence-corrected chi connectivity index (χ2v) is 6.55. The Labute approximate surface area is 147 Å². The molecule has 3 heterocycles. The number of amides is 1. The average Bonchev–Trinajstić information content (AvgIpc) is 3.26. The molecule has 0 atom stereocenters. The van der Waals surface area contributed by atoms with Gasteiger partial charge in [-0.1, -0.05) is 0 Å². The van der Waals surface area contributed by atoms with Crippen LogP contribution < -0.4 is 10.1 Å². The molecule has 0 radical (unpaired) electrons. The largest absolute Gasteiger partial charge is 0.459 e. The molecule has 25 heavy (non-hydrogen) atoms. The second-order valence-electron chi connectivity index (χ2n) is 5.31. The van der Waals surface area contributed by atoms with Crippen LogP contribution in [0.25, 0.3) is 10.2 Å². The van der Waals surface area contributed by atoms with E-state index < -0.39 is 0 Å². The van der Waals surface area contributed by atoms with Gasteiger partial charge < -0.3 is 14.5 Å². The number of carbonyl (C=O) groups is 1. The number of fused-ring (bicyclic) bond motifs is 1. The predicted molar refractivity (Wildman–Crippen MR) is 95.3 cm³/mol. The Bertz CT molecular complexity index is 1020. The zero-order valence-electron chi connectivity index (χ0n) is 13.2. The van der Waals surface area contributed by atoms with Crippen molar-refractivity contribution in [1.82, 2.24) is 9.97 Å². The molecular formula is C18H13N3O3S. The first-order chi connectivity index (χ1) is 12.2. The number of carbonyl (C=O) groups excluding carboxylic acids is 1. The number of benzene rings is 1. The van der Waals surface area contributed by atoms with Gasteiger partial charge in [0.25, 0.3) is 5.91 Å². The number of aryl methyl sites for hydroxylation is 1. The summed E-state index contributed by atoms with van der Waals surface area (Å²) in [7, 11) is 0. The van der Waals surface area contributed by atoms with E-state index in [0.717, 1.165) is 15.1 Å². The lowest BCUT2D eigenvalue weighted by molar-refractivity contribution is 0.0996. The smallest absolute Gasteiger partial charge is 0.291 e. The van der Waals surface area contributed by atoms with E-state index in [-0.39, 0.29) is 11.7 Å². The van der Waals surface area contributed by atoms with Crippen molar-refractivity contribution in [2.75, 3.05) is 5.32 Å². The summed E-state index contributed by atoms with van der Waals surface area (Å²) in [6.07, 6.45) is 2.95. The molecule has 124 valence electrons. The normalized spacial score (nSPS) is 10.8. The summed E-state index contributed by atoms with van der Waals surface area (Å²) >= 11 is 1.60. The Morgan fingerprint density at radius 1 is 1.20 bits per heavy atom. The van der Waals surface area contributed by atoms with Gasteiger partial charge in [0.2, 0.25) is 5.88 Å². The van der Waals surface area contributed by atoms with Crippen LogP contribution in [0.2, 0.25) is 0 Å². The molecule has 0 aliphatic carbocycles. The first-order valence-electron chi connectivity index (χ1n) is 7.53. The van der Waals surface area contributed by atoms with Crippen molar-refractivity contribution >= 4 is 33.1 Å². The summed E-state index contributed by atoms with van der Waals surface area (Å²) in [5.41, 5.74) is 0.646. The van der Waals surface area contributed by atoms with Gasteiger partial charge in [0.1, 0.15) is 16.9 Å². The van der Waals surface area contributed by atoms with E-state index in [1.54, 1.807) is 47.7 Å². The van der Waals surface area contributed by atoms with Crippen molar-refractivity contribution < 1.29 is 13.9 Å². The molecule has 4 rings (SSSR count). The van der Waals surface area contributed by atoms with Crippen LogP contribution in [0.4, 0.5) is 5.69 Å². The highest BCUT2D eigenvalue weighted by Crippen LogP contribution is 2.32. The van der Waals surface area contributed by atoms with E-state index in [1.165, 1.54) is 12.6 Å². The number of rotatable bonds is 4. The number of furan rings is 1. The third-order valence-corrected chi connectivity index (χ3v) is 4.45. The summed E-state index contributed by atoms with van der Waals surface area (Å²) in [6, 6.07) is 12.3.